The number of nitrogens with zero attached hydrogens (tertiary/aromatic N) is 1. The summed E-state index contributed by atoms with van der Waals surface area (Å²) in [6.45, 7) is 1.64. The van der Waals surface area contributed by atoms with Crippen LogP contribution in [0.1, 0.15) is 16.7 Å². The molecule has 18 heavy (non-hydrogen) atoms. The van der Waals surface area contributed by atoms with E-state index in [0.717, 1.165) is 17.6 Å². The first-order chi connectivity index (χ1) is 8.78. The molecule has 1 N–H and O–H groups in total. The summed E-state index contributed by atoms with van der Waals surface area (Å²) in [4.78, 5) is 0. The molecule has 0 unspecified atom stereocenters. The van der Waals surface area contributed by atoms with Gasteiger partial charge in [-0.25, -0.2) is 0 Å². The van der Waals surface area contributed by atoms with Gasteiger partial charge in [0, 0.05) is 17.6 Å². The van der Waals surface area contributed by atoms with E-state index in [1.807, 2.05) is 36.4 Å². The number of nitriles is 1. The lowest BCUT2D eigenvalue weighted by Gasteiger charge is -2.05. The van der Waals surface area contributed by atoms with E-state index in [0.29, 0.717) is 5.56 Å². The number of benzene rings is 2. The molecule has 0 saturated heterocycles. The molecule has 0 atom stereocenters. The first-order valence-corrected chi connectivity index (χ1v) is 6.51. The number of nitrogens with one attached hydrogen (secondary N) is 1. The molecule has 0 aromatic heterocycles. The van der Waals surface area contributed by atoms with E-state index in [4.69, 9.17) is 5.26 Å². The van der Waals surface area contributed by atoms with Crippen molar-refractivity contribution in [3.63, 3.8) is 0 Å². The van der Waals surface area contributed by atoms with Crippen LogP contribution in [0.25, 0.3) is 0 Å². The summed E-state index contributed by atoms with van der Waals surface area (Å²) in [5.74, 6) is 0. The molecule has 0 fully saturated rings. The molecule has 0 aliphatic carbocycles. The molecule has 0 amide bonds. The van der Waals surface area contributed by atoms with E-state index >= 15 is 0 Å². The lowest BCUT2D eigenvalue weighted by molar-refractivity contribution is 0.693. The first-order valence-electron chi connectivity index (χ1n) is 5.72. The van der Waals surface area contributed by atoms with Crippen molar-refractivity contribution in [2.24, 2.45) is 0 Å². The molecule has 2 rings (SSSR count). The fourth-order valence-electron chi connectivity index (χ4n) is 1.70. The zero-order chi connectivity index (χ0) is 12.8. The summed E-state index contributed by atoms with van der Waals surface area (Å²) in [5.41, 5.74) is 3.13. The third kappa shape index (κ3) is 3.69. The standard InChI is InChI=1S/C15H13BrN2/c16-15-3-1-2-14(8-15)11-18-10-13-6-4-12(9-17)5-7-13/h1-8,18H,10-11H2. The molecule has 90 valence electrons. The van der Waals surface area contributed by atoms with Gasteiger partial charge < -0.3 is 5.32 Å². The number of hydrogen-bond donors (Lipinski definition) is 1. The molecule has 0 bridgehead atoms. The minimum Gasteiger partial charge on any atom is -0.309 e. The smallest absolute Gasteiger partial charge is 0.0991 e. The monoisotopic (exact) mass is 300 g/mol. The van der Waals surface area contributed by atoms with E-state index in [1.165, 1.54) is 11.1 Å². The molecular weight excluding hydrogens is 288 g/mol. The molecule has 3 heteroatoms. The van der Waals surface area contributed by atoms with Gasteiger partial charge in [0.15, 0.2) is 0 Å². The van der Waals surface area contributed by atoms with E-state index in [-0.39, 0.29) is 0 Å². The van der Waals surface area contributed by atoms with Crippen LogP contribution in [-0.2, 0) is 13.1 Å². The fourth-order valence-corrected chi connectivity index (χ4v) is 2.14. The Labute approximate surface area is 115 Å². The summed E-state index contributed by atoms with van der Waals surface area (Å²) >= 11 is 3.46. The van der Waals surface area contributed by atoms with Crippen molar-refractivity contribution >= 4 is 15.9 Å². The summed E-state index contributed by atoms with van der Waals surface area (Å²) in [5, 5.41) is 12.1. The molecule has 2 aromatic carbocycles. The Morgan fingerprint density at radius 2 is 1.72 bits per heavy atom. The maximum atomic E-state index is 8.71. The second-order valence-corrected chi connectivity index (χ2v) is 4.96. The minimum absolute atomic E-state index is 0.700. The highest BCUT2D eigenvalue weighted by Gasteiger charge is 1.96. The van der Waals surface area contributed by atoms with Crippen LogP contribution in [0.3, 0.4) is 0 Å². The van der Waals surface area contributed by atoms with Crippen molar-refractivity contribution in [3.8, 4) is 6.07 Å². The maximum absolute atomic E-state index is 8.71. The van der Waals surface area contributed by atoms with Crippen LogP contribution in [0.15, 0.2) is 53.0 Å². The Bertz CT molecular complexity index is 555. The number of halogens is 1. The van der Waals surface area contributed by atoms with Crippen molar-refractivity contribution < 1.29 is 0 Å². The molecule has 0 spiro atoms. The molecule has 0 aliphatic heterocycles. The molecule has 2 aromatic rings. The van der Waals surface area contributed by atoms with Crippen molar-refractivity contribution in [2.75, 3.05) is 0 Å². The SMILES string of the molecule is N#Cc1ccc(CNCc2cccc(Br)c2)cc1. The topological polar surface area (TPSA) is 35.8 Å². The Hall–Kier alpha value is -1.63. The minimum atomic E-state index is 0.700. The zero-order valence-corrected chi connectivity index (χ0v) is 11.4. The molecule has 2 nitrogen and oxygen atoms in total. The van der Waals surface area contributed by atoms with E-state index in [2.05, 4.69) is 39.4 Å². The third-order valence-electron chi connectivity index (χ3n) is 2.63. The normalized spacial score (nSPS) is 10.0. The predicted octanol–water partition coefficient (Wildman–Crippen LogP) is 3.61. The van der Waals surface area contributed by atoms with Crippen LogP contribution in [-0.4, -0.2) is 0 Å². The largest absolute Gasteiger partial charge is 0.309 e. The molecule has 0 aliphatic rings. The fraction of sp³-hybridized carbons (Fsp3) is 0.133. The van der Waals surface area contributed by atoms with Crippen LogP contribution >= 0.6 is 15.9 Å². The second-order valence-electron chi connectivity index (χ2n) is 4.04. The Kier molecular flexibility index (Phi) is 4.52. The third-order valence-corrected chi connectivity index (χ3v) is 3.12. The van der Waals surface area contributed by atoms with Gasteiger partial charge in [-0.2, -0.15) is 5.26 Å². The highest BCUT2D eigenvalue weighted by Crippen LogP contribution is 2.11. The van der Waals surface area contributed by atoms with Gasteiger partial charge in [0.25, 0.3) is 0 Å². The van der Waals surface area contributed by atoms with Gasteiger partial charge in [0.1, 0.15) is 0 Å². The van der Waals surface area contributed by atoms with Crippen molar-refractivity contribution in [1.29, 1.82) is 5.26 Å². The van der Waals surface area contributed by atoms with Gasteiger partial charge in [-0.3, -0.25) is 0 Å². The summed E-state index contributed by atoms with van der Waals surface area (Å²) in [6.07, 6.45) is 0. The average Bonchev–Trinajstić information content (AvgIpc) is 2.40. The lowest BCUT2D eigenvalue weighted by atomic mass is 10.1. The summed E-state index contributed by atoms with van der Waals surface area (Å²) in [6, 6.07) is 18.0. The average molecular weight is 301 g/mol. The van der Waals surface area contributed by atoms with Crippen molar-refractivity contribution in [1.82, 2.24) is 5.32 Å². The summed E-state index contributed by atoms with van der Waals surface area (Å²) in [7, 11) is 0. The number of rotatable bonds is 4. The molecule has 0 radical (unpaired) electrons. The predicted molar refractivity (Wildman–Crippen MR) is 75.8 cm³/mol. The Balaban J connectivity index is 1.86. The Morgan fingerprint density at radius 1 is 1.00 bits per heavy atom. The van der Waals surface area contributed by atoms with Gasteiger partial charge in [0.2, 0.25) is 0 Å². The van der Waals surface area contributed by atoms with Gasteiger partial charge >= 0.3 is 0 Å². The molecule has 0 heterocycles. The van der Waals surface area contributed by atoms with Gasteiger partial charge in [-0.05, 0) is 35.4 Å². The van der Waals surface area contributed by atoms with Crippen LogP contribution in [0.5, 0.6) is 0 Å². The second kappa shape index (κ2) is 6.34. The Morgan fingerprint density at radius 3 is 2.39 bits per heavy atom. The van der Waals surface area contributed by atoms with Crippen LogP contribution in [0.2, 0.25) is 0 Å². The van der Waals surface area contributed by atoms with E-state index in [9.17, 15) is 0 Å². The van der Waals surface area contributed by atoms with E-state index in [1.54, 1.807) is 0 Å². The molecule has 0 saturated carbocycles. The summed E-state index contributed by atoms with van der Waals surface area (Å²) < 4.78 is 1.10. The van der Waals surface area contributed by atoms with Gasteiger partial charge in [-0.15, -0.1) is 0 Å². The lowest BCUT2D eigenvalue weighted by Crippen LogP contribution is -2.12. The zero-order valence-electron chi connectivity index (χ0n) is 9.86. The molecular formula is C15H13BrN2. The van der Waals surface area contributed by atoms with E-state index < -0.39 is 0 Å². The van der Waals surface area contributed by atoms with Crippen LogP contribution in [0.4, 0.5) is 0 Å². The van der Waals surface area contributed by atoms with Crippen LogP contribution in [0, 0.1) is 11.3 Å². The number of hydrogen-bond acceptors (Lipinski definition) is 2. The first kappa shape index (κ1) is 12.8. The van der Waals surface area contributed by atoms with Gasteiger partial charge in [0.05, 0.1) is 11.6 Å². The van der Waals surface area contributed by atoms with Crippen LogP contribution < -0.4 is 5.32 Å². The highest BCUT2D eigenvalue weighted by atomic mass is 79.9. The van der Waals surface area contributed by atoms with Crippen molar-refractivity contribution in [2.45, 2.75) is 13.1 Å². The van der Waals surface area contributed by atoms with Gasteiger partial charge in [-0.1, -0.05) is 40.2 Å². The quantitative estimate of drug-likeness (QED) is 0.936. The maximum Gasteiger partial charge on any atom is 0.0991 e. The van der Waals surface area contributed by atoms with Crippen molar-refractivity contribution in [3.05, 3.63) is 69.7 Å². The highest BCUT2D eigenvalue weighted by molar-refractivity contribution is 9.10.